The van der Waals surface area contributed by atoms with E-state index in [1.807, 2.05) is 40.8 Å². The van der Waals surface area contributed by atoms with Crippen LogP contribution in [0.1, 0.15) is 51.4 Å². The third-order valence-electron chi connectivity index (χ3n) is 4.05. The molecule has 2 heterocycles. The van der Waals surface area contributed by atoms with Crippen molar-refractivity contribution in [2.75, 3.05) is 7.05 Å². The highest BCUT2D eigenvalue weighted by Crippen LogP contribution is 2.29. The first-order valence-corrected chi connectivity index (χ1v) is 9.50. The van der Waals surface area contributed by atoms with E-state index in [-0.39, 0.29) is 5.91 Å². The third-order valence-corrected chi connectivity index (χ3v) is 5.65. The monoisotopic (exact) mass is 357 g/mol. The van der Waals surface area contributed by atoms with Gasteiger partial charge in [0.15, 0.2) is 0 Å². The van der Waals surface area contributed by atoms with Crippen LogP contribution < -0.4 is 10.0 Å². The number of aryl methyl sites for hydroxylation is 2. The molecule has 9 heteroatoms. The molecule has 1 fully saturated rings. The van der Waals surface area contributed by atoms with Crippen molar-refractivity contribution in [2.24, 2.45) is 0 Å². The van der Waals surface area contributed by atoms with Crippen LogP contribution in [0.4, 0.5) is 0 Å². The molecular formula is C15H27N5O3S. The smallest absolute Gasteiger partial charge is 0.280 e. The van der Waals surface area contributed by atoms with E-state index in [1.54, 1.807) is 4.68 Å². The zero-order valence-electron chi connectivity index (χ0n) is 15.1. The number of hydrogen-bond donors (Lipinski definition) is 2. The topological polar surface area (TPSA) is 96.3 Å². The summed E-state index contributed by atoms with van der Waals surface area (Å²) in [6, 6.07) is -1.23. The van der Waals surface area contributed by atoms with Crippen LogP contribution in [0.2, 0.25) is 0 Å². The van der Waals surface area contributed by atoms with Gasteiger partial charge < -0.3 is 5.32 Å². The second kappa shape index (κ2) is 6.45. The van der Waals surface area contributed by atoms with Gasteiger partial charge in [-0.05, 0) is 41.0 Å². The molecule has 1 aliphatic heterocycles. The van der Waals surface area contributed by atoms with Gasteiger partial charge in [-0.3, -0.25) is 9.48 Å². The Morgan fingerprint density at radius 2 is 2.08 bits per heavy atom. The zero-order valence-corrected chi connectivity index (χ0v) is 15.9. The molecule has 0 radical (unpaired) electrons. The molecule has 8 nitrogen and oxygen atoms in total. The molecule has 0 unspecified atom stereocenters. The lowest BCUT2D eigenvalue weighted by molar-refractivity contribution is -0.126. The average Bonchev–Trinajstić information content (AvgIpc) is 2.81. The second-order valence-electron chi connectivity index (χ2n) is 7.21. The van der Waals surface area contributed by atoms with Crippen LogP contribution in [0.5, 0.6) is 0 Å². The third kappa shape index (κ3) is 3.96. The van der Waals surface area contributed by atoms with Gasteiger partial charge in [-0.2, -0.15) is 22.5 Å². The van der Waals surface area contributed by atoms with Gasteiger partial charge in [-0.1, -0.05) is 0 Å². The summed E-state index contributed by atoms with van der Waals surface area (Å²) in [6.07, 6.45) is 2.19. The van der Waals surface area contributed by atoms with Gasteiger partial charge in [0.1, 0.15) is 6.04 Å². The van der Waals surface area contributed by atoms with Crippen molar-refractivity contribution in [3.63, 3.8) is 0 Å². The van der Waals surface area contributed by atoms with E-state index < -0.39 is 27.8 Å². The van der Waals surface area contributed by atoms with E-state index in [1.165, 1.54) is 7.05 Å². The van der Waals surface area contributed by atoms with E-state index in [0.29, 0.717) is 13.0 Å². The van der Waals surface area contributed by atoms with Crippen molar-refractivity contribution < 1.29 is 13.2 Å². The maximum Gasteiger partial charge on any atom is 0.280 e. The van der Waals surface area contributed by atoms with E-state index >= 15 is 0 Å². The zero-order chi connectivity index (χ0) is 18.3. The van der Waals surface area contributed by atoms with Gasteiger partial charge in [0.05, 0.1) is 11.7 Å². The Morgan fingerprint density at radius 3 is 2.58 bits per heavy atom. The van der Waals surface area contributed by atoms with Crippen molar-refractivity contribution in [1.29, 1.82) is 0 Å². The molecule has 1 aliphatic rings. The molecule has 0 bridgehead atoms. The molecule has 2 rings (SSSR count). The van der Waals surface area contributed by atoms with E-state index in [9.17, 15) is 13.2 Å². The van der Waals surface area contributed by atoms with Gasteiger partial charge in [-0.25, -0.2) is 0 Å². The quantitative estimate of drug-likeness (QED) is 0.832. The Balaban J connectivity index is 2.33. The summed E-state index contributed by atoms with van der Waals surface area (Å²) in [5, 5.41) is 7.23. The second-order valence-corrected chi connectivity index (χ2v) is 8.97. The van der Waals surface area contributed by atoms with Crippen LogP contribution in [0.25, 0.3) is 0 Å². The molecule has 24 heavy (non-hydrogen) atoms. The largest absolute Gasteiger partial charge is 0.350 e. The van der Waals surface area contributed by atoms with Crippen LogP contribution in [0.15, 0.2) is 6.20 Å². The molecule has 2 N–H and O–H groups in total. The molecule has 0 spiro atoms. The summed E-state index contributed by atoms with van der Waals surface area (Å²) < 4.78 is 30.4. The predicted octanol–water partition coefficient (Wildman–Crippen LogP) is 0.706. The lowest BCUT2D eigenvalue weighted by Gasteiger charge is -2.37. The predicted molar refractivity (Wildman–Crippen MR) is 91.5 cm³/mol. The maximum absolute atomic E-state index is 12.6. The molecule has 1 aromatic rings. The Kier molecular flexibility index (Phi) is 5.08. The Morgan fingerprint density at radius 1 is 1.46 bits per heavy atom. The van der Waals surface area contributed by atoms with Crippen molar-refractivity contribution in [3.8, 4) is 0 Å². The van der Waals surface area contributed by atoms with Crippen molar-refractivity contribution in [1.82, 2.24) is 24.1 Å². The molecular weight excluding hydrogens is 330 g/mol. The van der Waals surface area contributed by atoms with Crippen molar-refractivity contribution >= 4 is 16.1 Å². The minimum absolute atomic E-state index is 0.291. The van der Waals surface area contributed by atoms with Crippen LogP contribution in [0.3, 0.4) is 0 Å². The van der Waals surface area contributed by atoms with Gasteiger partial charge in [0, 0.05) is 30.9 Å². The number of amides is 1. The summed E-state index contributed by atoms with van der Waals surface area (Å²) in [5.74, 6) is -0.291. The minimum Gasteiger partial charge on any atom is -0.350 e. The fraction of sp³-hybridized carbons (Fsp3) is 0.733. The van der Waals surface area contributed by atoms with Crippen LogP contribution in [-0.2, 0) is 21.5 Å². The average molecular weight is 357 g/mol. The normalized spacial score (nSPS) is 24.8. The first kappa shape index (κ1) is 18.9. The van der Waals surface area contributed by atoms with Crippen molar-refractivity contribution in [3.05, 3.63) is 17.5 Å². The van der Waals surface area contributed by atoms with Crippen LogP contribution in [0, 0.1) is 6.92 Å². The summed E-state index contributed by atoms with van der Waals surface area (Å²) in [5.41, 5.74) is 1.15. The number of carbonyl (C=O) groups excluding carboxylic acids is 1. The number of carbonyl (C=O) groups is 1. The number of likely N-dealkylation sites (N-methyl/N-ethyl adjacent to an activating group) is 1. The fourth-order valence-corrected chi connectivity index (χ4v) is 4.07. The first-order valence-electron chi connectivity index (χ1n) is 8.06. The SMILES string of the molecule is CCn1cc([C@@H]2C[C@@H](C(=O)NC(C)(C)C)N(C)S(=O)(=O)N2)c(C)n1. The lowest BCUT2D eigenvalue weighted by Crippen LogP contribution is -2.59. The highest BCUT2D eigenvalue weighted by atomic mass is 32.2. The van der Waals surface area contributed by atoms with Crippen molar-refractivity contribution in [2.45, 2.75) is 65.2 Å². The van der Waals surface area contributed by atoms with E-state index in [0.717, 1.165) is 15.6 Å². The van der Waals surface area contributed by atoms with Crippen LogP contribution in [-0.4, -0.2) is 47.0 Å². The molecule has 0 aliphatic carbocycles. The summed E-state index contributed by atoms with van der Waals surface area (Å²) in [7, 11) is -2.31. The standard InChI is InChI=1S/C15H27N5O3S/c1-7-20-9-11(10(2)17-20)12-8-13(14(21)16-15(3,4)5)19(6)24(22,23)18-12/h9,12-13,18H,7-8H2,1-6H3,(H,16,21)/t12-,13-/m0/s1. The number of nitrogens with zero attached hydrogens (tertiary/aromatic N) is 3. The number of rotatable bonds is 3. The molecule has 1 saturated heterocycles. The Hall–Kier alpha value is -1.45. The summed E-state index contributed by atoms with van der Waals surface area (Å²) >= 11 is 0. The molecule has 0 saturated carbocycles. The molecule has 136 valence electrons. The number of hydrogen-bond acceptors (Lipinski definition) is 4. The summed E-state index contributed by atoms with van der Waals surface area (Å²) in [4.78, 5) is 12.6. The Bertz CT molecular complexity index is 720. The first-order chi connectivity index (χ1) is 10.9. The maximum atomic E-state index is 12.6. The van der Waals surface area contributed by atoms with E-state index in [4.69, 9.17) is 0 Å². The number of nitrogens with one attached hydrogen (secondary N) is 2. The molecule has 0 aromatic carbocycles. The molecule has 1 aromatic heterocycles. The van der Waals surface area contributed by atoms with E-state index in [2.05, 4.69) is 15.1 Å². The molecule has 2 atom stereocenters. The van der Waals surface area contributed by atoms with Gasteiger partial charge in [0.25, 0.3) is 10.2 Å². The lowest BCUT2D eigenvalue weighted by atomic mass is 9.99. The number of aromatic nitrogens is 2. The Labute approximate surface area is 143 Å². The highest BCUT2D eigenvalue weighted by molar-refractivity contribution is 7.87. The van der Waals surface area contributed by atoms with Gasteiger partial charge >= 0.3 is 0 Å². The van der Waals surface area contributed by atoms with Gasteiger partial charge in [0.2, 0.25) is 5.91 Å². The highest BCUT2D eigenvalue weighted by Gasteiger charge is 2.42. The minimum atomic E-state index is -3.74. The summed E-state index contributed by atoms with van der Waals surface area (Å²) in [6.45, 7) is 10.1. The fourth-order valence-electron chi connectivity index (χ4n) is 2.80. The molecule has 1 amide bonds. The van der Waals surface area contributed by atoms with Crippen LogP contribution >= 0.6 is 0 Å². The van der Waals surface area contributed by atoms with Gasteiger partial charge in [-0.15, -0.1) is 0 Å².